The Kier molecular flexibility index (Phi) is 3.45. The molecule has 0 aromatic carbocycles. The third-order valence-corrected chi connectivity index (χ3v) is 2.62. The molecule has 1 aliphatic heterocycles. The highest BCUT2D eigenvalue weighted by molar-refractivity contribution is 5.77. The van der Waals surface area contributed by atoms with Gasteiger partial charge in [0.15, 0.2) is 0 Å². The van der Waals surface area contributed by atoms with E-state index in [-0.39, 0.29) is 24.0 Å². The van der Waals surface area contributed by atoms with Crippen molar-refractivity contribution in [2.75, 3.05) is 30.3 Å². The Morgan fingerprint density at radius 3 is 2.74 bits per heavy atom. The van der Waals surface area contributed by atoms with Crippen molar-refractivity contribution in [3.8, 4) is 0 Å². The van der Waals surface area contributed by atoms with E-state index >= 15 is 0 Å². The number of anilines is 2. The van der Waals surface area contributed by atoms with Crippen LogP contribution in [0.15, 0.2) is 6.07 Å². The summed E-state index contributed by atoms with van der Waals surface area (Å²) in [6.45, 7) is 1.02. The summed E-state index contributed by atoms with van der Waals surface area (Å²) in [4.78, 5) is 19.4. The number of amides is 1. The lowest BCUT2D eigenvalue weighted by Crippen LogP contribution is -2.30. The number of alkyl halides is 3. The lowest BCUT2D eigenvalue weighted by molar-refractivity contribution is -0.144. The molecule has 1 aliphatic rings. The van der Waals surface area contributed by atoms with E-state index in [4.69, 9.17) is 5.73 Å². The fourth-order valence-corrected chi connectivity index (χ4v) is 1.74. The average molecular weight is 275 g/mol. The van der Waals surface area contributed by atoms with Crippen LogP contribution < -0.4 is 16.0 Å². The number of carbonyl (C=O) groups is 1. The number of nitrogen functional groups attached to an aromatic ring is 1. The van der Waals surface area contributed by atoms with Gasteiger partial charge in [0.1, 0.15) is 11.6 Å². The van der Waals surface area contributed by atoms with Crippen LogP contribution in [0.2, 0.25) is 0 Å². The van der Waals surface area contributed by atoms with E-state index < -0.39 is 12.0 Å². The summed E-state index contributed by atoms with van der Waals surface area (Å²) in [6, 6.07) is 1.27. The van der Waals surface area contributed by atoms with Crippen LogP contribution in [0, 0.1) is 0 Å². The fourth-order valence-electron chi connectivity index (χ4n) is 1.74. The zero-order valence-corrected chi connectivity index (χ0v) is 9.87. The molecule has 1 aromatic rings. The fraction of sp³-hybridized carbons (Fsp3) is 0.500. The maximum atomic E-state index is 12.6. The number of hydrogen-bond donors (Lipinski definition) is 2. The van der Waals surface area contributed by atoms with Crippen molar-refractivity contribution in [1.82, 2.24) is 15.3 Å². The molecule has 2 rings (SSSR count). The third kappa shape index (κ3) is 3.24. The van der Waals surface area contributed by atoms with E-state index in [0.29, 0.717) is 19.6 Å². The van der Waals surface area contributed by atoms with Crippen molar-refractivity contribution in [2.45, 2.75) is 12.6 Å². The van der Waals surface area contributed by atoms with Crippen LogP contribution in [0.4, 0.5) is 24.8 Å². The van der Waals surface area contributed by atoms with Gasteiger partial charge in [0.05, 0.1) is 0 Å². The summed E-state index contributed by atoms with van der Waals surface area (Å²) in [5.41, 5.74) is 5.37. The second-order valence-corrected chi connectivity index (χ2v) is 4.06. The average Bonchev–Trinajstić information content (AvgIpc) is 2.52. The molecule has 0 unspecified atom stereocenters. The van der Waals surface area contributed by atoms with Gasteiger partial charge >= 0.3 is 6.18 Å². The van der Waals surface area contributed by atoms with Gasteiger partial charge in [0.25, 0.3) is 0 Å². The van der Waals surface area contributed by atoms with Gasteiger partial charge in [-0.15, -0.1) is 0 Å². The number of nitrogens with one attached hydrogen (secondary N) is 1. The molecule has 0 spiro atoms. The van der Waals surface area contributed by atoms with Crippen molar-refractivity contribution in [1.29, 1.82) is 0 Å². The standard InChI is InChI=1S/C10H12F3N5O/c11-10(12,13)9-16-6(14)5-7(17-9)18-3-1-8(19)15-2-4-18/h5H,1-4H2,(H,15,19)(H2,14,16,17). The highest BCUT2D eigenvalue weighted by Gasteiger charge is 2.35. The first-order valence-electron chi connectivity index (χ1n) is 5.59. The molecule has 0 bridgehead atoms. The molecule has 0 saturated carbocycles. The van der Waals surface area contributed by atoms with Crippen LogP contribution in [0.3, 0.4) is 0 Å². The number of hydrogen-bond acceptors (Lipinski definition) is 5. The number of halogens is 3. The number of aromatic nitrogens is 2. The lowest BCUT2D eigenvalue weighted by atomic mass is 10.3. The summed E-state index contributed by atoms with van der Waals surface area (Å²) in [6.07, 6.45) is -4.45. The van der Waals surface area contributed by atoms with E-state index in [1.807, 2.05) is 0 Å². The SMILES string of the molecule is Nc1cc(N2CCNC(=O)CC2)nc(C(F)(F)F)n1. The topological polar surface area (TPSA) is 84.1 Å². The van der Waals surface area contributed by atoms with E-state index in [1.165, 1.54) is 6.07 Å². The molecule has 1 fully saturated rings. The predicted octanol–water partition coefficient (Wildman–Crippen LogP) is 0.404. The highest BCUT2D eigenvalue weighted by Crippen LogP contribution is 2.28. The predicted molar refractivity (Wildman–Crippen MR) is 61.3 cm³/mol. The van der Waals surface area contributed by atoms with E-state index in [1.54, 1.807) is 4.90 Å². The minimum absolute atomic E-state index is 0.0799. The Morgan fingerprint density at radius 2 is 2.05 bits per heavy atom. The molecule has 104 valence electrons. The second-order valence-electron chi connectivity index (χ2n) is 4.06. The number of nitrogens with zero attached hydrogens (tertiary/aromatic N) is 3. The Balaban J connectivity index is 2.29. The van der Waals surface area contributed by atoms with Gasteiger partial charge in [0.2, 0.25) is 11.7 Å². The first-order valence-corrected chi connectivity index (χ1v) is 5.59. The van der Waals surface area contributed by atoms with Crippen molar-refractivity contribution in [3.05, 3.63) is 11.9 Å². The normalized spacial score (nSPS) is 17.0. The maximum absolute atomic E-state index is 12.6. The minimum atomic E-state index is -4.65. The van der Waals surface area contributed by atoms with Crippen LogP contribution >= 0.6 is 0 Å². The van der Waals surface area contributed by atoms with Crippen LogP contribution in [0.1, 0.15) is 12.2 Å². The molecule has 1 aromatic heterocycles. The minimum Gasteiger partial charge on any atom is -0.384 e. The van der Waals surface area contributed by atoms with Crippen LogP contribution in [0.5, 0.6) is 0 Å². The van der Waals surface area contributed by atoms with Crippen molar-refractivity contribution >= 4 is 17.5 Å². The van der Waals surface area contributed by atoms with Gasteiger partial charge in [-0.1, -0.05) is 0 Å². The molecular weight excluding hydrogens is 263 g/mol. The lowest BCUT2D eigenvalue weighted by Gasteiger charge is -2.21. The van der Waals surface area contributed by atoms with Crippen molar-refractivity contribution in [3.63, 3.8) is 0 Å². The summed E-state index contributed by atoms with van der Waals surface area (Å²) in [5.74, 6) is -1.58. The molecule has 2 heterocycles. The summed E-state index contributed by atoms with van der Waals surface area (Å²) >= 11 is 0. The monoisotopic (exact) mass is 275 g/mol. The van der Waals surface area contributed by atoms with Crippen molar-refractivity contribution in [2.24, 2.45) is 0 Å². The largest absolute Gasteiger partial charge is 0.451 e. The summed E-state index contributed by atoms with van der Waals surface area (Å²) in [7, 11) is 0. The molecule has 19 heavy (non-hydrogen) atoms. The molecule has 0 radical (unpaired) electrons. The van der Waals surface area contributed by atoms with Crippen LogP contribution in [-0.4, -0.2) is 35.5 Å². The molecular formula is C10H12F3N5O. The zero-order valence-electron chi connectivity index (χ0n) is 9.87. The van der Waals surface area contributed by atoms with E-state index in [2.05, 4.69) is 15.3 Å². The second kappa shape index (κ2) is 4.90. The number of carbonyl (C=O) groups excluding carboxylic acids is 1. The van der Waals surface area contributed by atoms with Gasteiger partial charge in [-0.25, -0.2) is 9.97 Å². The van der Waals surface area contributed by atoms with E-state index in [9.17, 15) is 18.0 Å². The molecule has 1 amide bonds. The van der Waals surface area contributed by atoms with Gasteiger partial charge in [-0.2, -0.15) is 13.2 Å². The number of rotatable bonds is 1. The highest BCUT2D eigenvalue weighted by atomic mass is 19.4. The zero-order chi connectivity index (χ0) is 14.0. The van der Waals surface area contributed by atoms with Gasteiger partial charge < -0.3 is 16.0 Å². The Morgan fingerprint density at radius 1 is 1.32 bits per heavy atom. The molecule has 1 saturated heterocycles. The Labute approximate surface area is 106 Å². The summed E-state index contributed by atoms with van der Waals surface area (Å²) < 4.78 is 37.8. The van der Waals surface area contributed by atoms with Crippen LogP contribution in [-0.2, 0) is 11.0 Å². The molecule has 6 nitrogen and oxygen atoms in total. The van der Waals surface area contributed by atoms with E-state index in [0.717, 1.165) is 0 Å². The first-order chi connectivity index (χ1) is 8.86. The Bertz CT molecular complexity index is 491. The van der Waals surface area contributed by atoms with Gasteiger partial charge in [-0.05, 0) is 0 Å². The molecule has 9 heteroatoms. The smallest absolute Gasteiger partial charge is 0.384 e. The molecule has 3 N–H and O–H groups in total. The summed E-state index contributed by atoms with van der Waals surface area (Å²) in [5, 5.41) is 2.63. The quantitative estimate of drug-likeness (QED) is 0.775. The molecule has 0 aliphatic carbocycles. The van der Waals surface area contributed by atoms with Crippen molar-refractivity contribution < 1.29 is 18.0 Å². The van der Waals surface area contributed by atoms with Crippen LogP contribution in [0.25, 0.3) is 0 Å². The van der Waals surface area contributed by atoms with Gasteiger partial charge in [0, 0.05) is 32.1 Å². The number of nitrogens with two attached hydrogens (primary N) is 1. The first kappa shape index (κ1) is 13.4. The van der Waals surface area contributed by atoms with Gasteiger partial charge in [-0.3, -0.25) is 4.79 Å². The molecule has 0 atom stereocenters. The Hall–Kier alpha value is -2.06. The maximum Gasteiger partial charge on any atom is 0.451 e. The third-order valence-electron chi connectivity index (χ3n) is 2.62.